The molecule has 0 fully saturated rings. The van der Waals surface area contributed by atoms with Crippen molar-refractivity contribution in [2.75, 3.05) is 24.2 Å². The van der Waals surface area contributed by atoms with Gasteiger partial charge in [0.2, 0.25) is 21.8 Å². The Labute approximate surface area is 252 Å². The van der Waals surface area contributed by atoms with Crippen LogP contribution in [0.15, 0.2) is 72.8 Å². The average molecular weight is 621 g/mol. The highest BCUT2D eigenvalue weighted by atomic mass is 35.5. The normalized spacial score (nSPS) is 12.7. The third-order valence-corrected chi connectivity index (χ3v) is 8.53. The minimum absolute atomic E-state index is 0.113. The molecule has 0 unspecified atom stereocenters. The Balaban J connectivity index is 2.11. The van der Waals surface area contributed by atoms with Crippen LogP contribution < -0.4 is 14.4 Å². The van der Waals surface area contributed by atoms with E-state index in [0.717, 1.165) is 16.1 Å². The van der Waals surface area contributed by atoms with Crippen LogP contribution in [-0.4, -0.2) is 57.1 Å². The van der Waals surface area contributed by atoms with Crippen molar-refractivity contribution in [3.8, 4) is 5.75 Å². The van der Waals surface area contributed by atoms with E-state index in [0.29, 0.717) is 27.8 Å². The van der Waals surface area contributed by atoms with Crippen LogP contribution in [0.25, 0.3) is 0 Å². The van der Waals surface area contributed by atoms with Gasteiger partial charge in [0.25, 0.3) is 0 Å². The maximum atomic E-state index is 14.2. The zero-order chi connectivity index (χ0) is 30.2. The van der Waals surface area contributed by atoms with Crippen molar-refractivity contribution in [2.45, 2.75) is 45.3 Å². The Morgan fingerprint density at radius 1 is 0.976 bits per heavy atom. The van der Waals surface area contributed by atoms with Gasteiger partial charge in [-0.1, -0.05) is 72.6 Å². The van der Waals surface area contributed by atoms with Crippen LogP contribution in [0, 0.1) is 0 Å². The smallest absolute Gasteiger partial charge is 0.244 e. The summed E-state index contributed by atoms with van der Waals surface area (Å²) >= 11 is 13.0. The van der Waals surface area contributed by atoms with Gasteiger partial charge >= 0.3 is 0 Å². The number of halogens is 2. The highest BCUT2D eigenvalue weighted by Crippen LogP contribution is 2.28. The topological polar surface area (TPSA) is 96.0 Å². The summed E-state index contributed by atoms with van der Waals surface area (Å²) in [5.41, 5.74) is 1.53. The van der Waals surface area contributed by atoms with Gasteiger partial charge in [-0.2, -0.15) is 0 Å². The first-order chi connectivity index (χ1) is 19.4. The molecule has 0 saturated carbocycles. The number of ether oxygens (including phenoxy) is 1. The quantitative estimate of drug-likeness (QED) is 0.279. The van der Waals surface area contributed by atoms with Crippen LogP contribution in [-0.2, 0) is 32.6 Å². The molecule has 0 aromatic heterocycles. The van der Waals surface area contributed by atoms with E-state index >= 15 is 0 Å². The number of anilines is 1. The summed E-state index contributed by atoms with van der Waals surface area (Å²) < 4.78 is 32.1. The molecule has 0 heterocycles. The van der Waals surface area contributed by atoms with E-state index in [1.165, 1.54) is 18.1 Å². The average Bonchev–Trinajstić information content (AvgIpc) is 2.94. The lowest BCUT2D eigenvalue weighted by Gasteiger charge is -2.34. The molecule has 0 aliphatic heterocycles. The van der Waals surface area contributed by atoms with E-state index in [1.807, 2.05) is 44.2 Å². The summed E-state index contributed by atoms with van der Waals surface area (Å²) in [7, 11) is -2.44. The predicted molar refractivity (Wildman–Crippen MR) is 164 cm³/mol. The summed E-state index contributed by atoms with van der Waals surface area (Å²) in [6.45, 7) is 3.15. The van der Waals surface area contributed by atoms with E-state index in [9.17, 15) is 18.0 Å². The molecule has 0 saturated heterocycles. The second kappa shape index (κ2) is 14.6. The van der Waals surface area contributed by atoms with Crippen LogP contribution in [0.4, 0.5) is 5.69 Å². The number of sulfonamides is 1. The Morgan fingerprint density at radius 2 is 1.61 bits per heavy atom. The molecule has 0 bridgehead atoms. The summed E-state index contributed by atoms with van der Waals surface area (Å²) in [6.07, 6.45) is 1.90. The van der Waals surface area contributed by atoms with E-state index < -0.39 is 28.5 Å². The summed E-state index contributed by atoms with van der Waals surface area (Å²) in [4.78, 5) is 29.3. The van der Waals surface area contributed by atoms with Gasteiger partial charge in [-0.3, -0.25) is 13.9 Å². The van der Waals surface area contributed by atoms with E-state index in [2.05, 4.69) is 5.32 Å². The van der Waals surface area contributed by atoms with Crippen molar-refractivity contribution in [1.29, 1.82) is 0 Å². The van der Waals surface area contributed by atoms with Gasteiger partial charge in [-0.05, 0) is 43.2 Å². The lowest BCUT2D eigenvalue weighted by atomic mass is 10.0. The predicted octanol–water partition coefficient (Wildman–Crippen LogP) is 5.32. The minimum Gasteiger partial charge on any atom is -0.497 e. The molecule has 3 aromatic rings. The molecule has 8 nitrogen and oxygen atoms in total. The number of rotatable bonds is 13. The zero-order valence-corrected chi connectivity index (χ0v) is 25.8. The number of nitrogens with one attached hydrogen (secondary N) is 1. The molecule has 2 amide bonds. The van der Waals surface area contributed by atoms with Gasteiger partial charge in [-0.25, -0.2) is 8.42 Å². The molecule has 0 aliphatic rings. The third kappa shape index (κ3) is 8.86. The van der Waals surface area contributed by atoms with Crippen molar-refractivity contribution < 1.29 is 22.7 Å². The molecular formula is C30H35Cl2N3O5S. The highest BCUT2D eigenvalue weighted by Gasteiger charge is 2.34. The molecule has 3 aromatic carbocycles. The number of amides is 2. The molecule has 0 aliphatic carbocycles. The third-order valence-electron chi connectivity index (χ3n) is 6.68. The number of methoxy groups -OCH3 is 1. The Hall–Kier alpha value is -3.27. The first-order valence-electron chi connectivity index (χ1n) is 13.1. The van der Waals surface area contributed by atoms with Gasteiger partial charge in [0, 0.05) is 40.7 Å². The SMILES string of the molecule is CC[C@@H](C)NC(=O)[C@H](Cc1ccccc1)N(Cc1c(Cl)cccc1Cl)C(=O)CN(c1cccc(OC)c1)S(C)(=O)=O. The van der Waals surface area contributed by atoms with Gasteiger partial charge in [0.1, 0.15) is 18.3 Å². The van der Waals surface area contributed by atoms with Crippen molar-refractivity contribution in [2.24, 2.45) is 0 Å². The molecule has 41 heavy (non-hydrogen) atoms. The van der Waals surface area contributed by atoms with E-state index in [4.69, 9.17) is 27.9 Å². The van der Waals surface area contributed by atoms with Crippen LogP contribution >= 0.6 is 23.2 Å². The molecule has 0 radical (unpaired) electrons. The number of carbonyl (C=O) groups is 2. The van der Waals surface area contributed by atoms with E-state index in [1.54, 1.807) is 36.4 Å². The maximum absolute atomic E-state index is 14.2. The Bertz CT molecular complexity index is 1430. The monoisotopic (exact) mass is 619 g/mol. The van der Waals surface area contributed by atoms with Crippen molar-refractivity contribution in [3.05, 3.63) is 94.0 Å². The number of hydrogen-bond acceptors (Lipinski definition) is 5. The lowest BCUT2D eigenvalue weighted by molar-refractivity contribution is -0.140. The number of carbonyl (C=O) groups excluding carboxylic acids is 2. The summed E-state index contributed by atoms with van der Waals surface area (Å²) in [5, 5.41) is 3.63. The summed E-state index contributed by atoms with van der Waals surface area (Å²) in [5.74, 6) is -0.542. The molecule has 2 atom stereocenters. The second-order valence-electron chi connectivity index (χ2n) is 9.72. The molecule has 3 rings (SSSR count). The van der Waals surface area contributed by atoms with Crippen LogP contribution in [0.2, 0.25) is 10.0 Å². The first kappa shape index (κ1) is 32.2. The Morgan fingerprint density at radius 3 is 2.20 bits per heavy atom. The second-order valence-corrected chi connectivity index (χ2v) is 12.4. The fourth-order valence-electron chi connectivity index (χ4n) is 4.23. The molecular weight excluding hydrogens is 585 g/mol. The largest absolute Gasteiger partial charge is 0.497 e. The van der Waals surface area contributed by atoms with Crippen LogP contribution in [0.1, 0.15) is 31.4 Å². The van der Waals surface area contributed by atoms with E-state index in [-0.39, 0.29) is 30.6 Å². The van der Waals surface area contributed by atoms with Crippen molar-refractivity contribution in [3.63, 3.8) is 0 Å². The molecule has 1 N–H and O–H groups in total. The van der Waals surface area contributed by atoms with Gasteiger partial charge in [-0.15, -0.1) is 0 Å². The summed E-state index contributed by atoms with van der Waals surface area (Å²) in [6, 6.07) is 19.6. The highest BCUT2D eigenvalue weighted by molar-refractivity contribution is 7.92. The van der Waals surface area contributed by atoms with Crippen molar-refractivity contribution in [1.82, 2.24) is 10.2 Å². The fourth-order valence-corrected chi connectivity index (χ4v) is 5.59. The fraction of sp³-hybridized carbons (Fsp3) is 0.333. The molecule has 220 valence electrons. The molecule has 11 heteroatoms. The zero-order valence-electron chi connectivity index (χ0n) is 23.5. The van der Waals surface area contributed by atoms with Gasteiger partial charge in [0.15, 0.2) is 0 Å². The lowest BCUT2D eigenvalue weighted by Crippen LogP contribution is -2.54. The number of nitrogens with zero attached hydrogens (tertiary/aromatic N) is 2. The maximum Gasteiger partial charge on any atom is 0.244 e. The van der Waals surface area contributed by atoms with Gasteiger partial charge in [0.05, 0.1) is 19.1 Å². The first-order valence-corrected chi connectivity index (χ1v) is 15.7. The van der Waals surface area contributed by atoms with Gasteiger partial charge < -0.3 is 15.0 Å². The molecule has 0 spiro atoms. The van der Waals surface area contributed by atoms with Crippen molar-refractivity contribution >= 4 is 50.7 Å². The minimum atomic E-state index is -3.91. The number of hydrogen-bond donors (Lipinski definition) is 1. The Kier molecular flexibility index (Phi) is 11.5. The standard InChI is InChI=1S/C30H35Cl2N3O5S/c1-5-21(2)33-30(37)28(17-22-11-7-6-8-12-22)34(19-25-26(31)15-10-16-27(25)32)29(36)20-35(41(4,38)39)23-13-9-14-24(18-23)40-3/h6-16,18,21,28H,5,17,19-20H2,1-4H3,(H,33,37)/t21-,28+/m1/s1. The van der Waals surface area contributed by atoms with Crippen LogP contribution in [0.3, 0.4) is 0 Å². The number of benzene rings is 3. The van der Waals surface area contributed by atoms with Crippen LogP contribution in [0.5, 0.6) is 5.75 Å².